The van der Waals surface area contributed by atoms with Gasteiger partial charge in [-0.2, -0.15) is 0 Å². The first-order chi connectivity index (χ1) is 11.4. The van der Waals surface area contributed by atoms with Crippen LogP contribution in [0, 0.1) is 9.39 Å². The minimum atomic E-state index is -0.569. The number of pyridine rings is 1. The van der Waals surface area contributed by atoms with E-state index in [2.05, 4.69) is 4.98 Å². The summed E-state index contributed by atoms with van der Waals surface area (Å²) in [5.74, 6) is -0.949. The Morgan fingerprint density at radius 3 is 2.88 bits per heavy atom. The predicted octanol–water partition coefficient (Wildman–Crippen LogP) is 3.12. The molecular weight excluding hydrogens is 446 g/mol. The van der Waals surface area contributed by atoms with Gasteiger partial charge in [0, 0.05) is 22.7 Å². The molecule has 0 amide bonds. The highest BCUT2D eigenvalue weighted by molar-refractivity contribution is 14.1. The number of thiazole rings is 1. The molecule has 3 aromatic rings. The van der Waals surface area contributed by atoms with E-state index in [9.17, 15) is 14.0 Å². The van der Waals surface area contributed by atoms with E-state index >= 15 is 0 Å². The second-order valence-corrected chi connectivity index (χ2v) is 7.22. The van der Waals surface area contributed by atoms with Crippen LogP contribution in [-0.2, 0) is 18.2 Å². The molecular formula is C16H12FIN2O3S. The average molecular weight is 458 g/mol. The fourth-order valence-electron chi connectivity index (χ4n) is 2.52. The number of nitrogens with zero attached hydrogens (tertiary/aromatic N) is 2. The topological polar surface area (TPSA) is 61.2 Å². The van der Waals surface area contributed by atoms with Gasteiger partial charge in [0.15, 0.2) is 0 Å². The lowest BCUT2D eigenvalue weighted by Crippen LogP contribution is -2.25. The molecule has 0 unspecified atom stereocenters. The number of halogens is 2. The lowest BCUT2D eigenvalue weighted by molar-refractivity contribution is 0.0601. The SMILES string of the molecule is COC(=O)c1c(Cc2ccc(I)cc2F)n(C)c(=O)c2ncsc12. The van der Waals surface area contributed by atoms with E-state index in [1.54, 1.807) is 19.2 Å². The Morgan fingerprint density at radius 1 is 1.46 bits per heavy atom. The molecule has 1 aromatic carbocycles. The molecule has 3 rings (SSSR count). The molecule has 0 aliphatic rings. The highest BCUT2D eigenvalue weighted by atomic mass is 127. The van der Waals surface area contributed by atoms with E-state index in [4.69, 9.17) is 4.74 Å². The van der Waals surface area contributed by atoms with Crippen LogP contribution in [0.5, 0.6) is 0 Å². The quantitative estimate of drug-likeness (QED) is 0.447. The fraction of sp³-hybridized carbons (Fsp3) is 0.188. The van der Waals surface area contributed by atoms with Crippen LogP contribution in [0.1, 0.15) is 21.6 Å². The van der Waals surface area contributed by atoms with Gasteiger partial charge in [-0.3, -0.25) is 4.79 Å². The summed E-state index contributed by atoms with van der Waals surface area (Å²) in [6.45, 7) is 0. The molecule has 0 aliphatic carbocycles. The van der Waals surface area contributed by atoms with Crippen molar-refractivity contribution in [2.45, 2.75) is 6.42 Å². The van der Waals surface area contributed by atoms with Crippen molar-refractivity contribution in [1.29, 1.82) is 0 Å². The molecule has 0 aliphatic heterocycles. The zero-order valence-electron chi connectivity index (χ0n) is 12.8. The minimum Gasteiger partial charge on any atom is -0.465 e. The van der Waals surface area contributed by atoms with Crippen molar-refractivity contribution < 1.29 is 13.9 Å². The number of fused-ring (bicyclic) bond motifs is 1. The fourth-order valence-corrected chi connectivity index (χ4v) is 3.81. The first-order valence-corrected chi connectivity index (χ1v) is 8.87. The smallest absolute Gasteiger partial charge is 0.341 e. The van der Waals surface area contributed by atoms with Gasteiger partial charge in [0.25, 0.3) is 5.56 Å². The van der Waals surface area contributed by atoms with Crippen molar-refractivity contribution in [3.63, 3.8) is 0 Å². The summed E-state index contributed by atoms with van der Waals surface area (Å²) in [5, 5.41) is 0. The van der Waals surface area contributed by atoms with E-state index < -0.39 is 5.97 Å². The molecule has 124 valence electrons. The zero-order valence-corrected chi connectivity index (χ0v) is 15.8. The van der Waals surface area contributed by atoms with Crippen molar-refractivity contribution in [2.24, 2.45) is 7.05 Å². The highest BCUT2D eigenvalue weighted by Crippen LogP contribution is 2.26. The van der Waals surface area contributed by atoms with Crippen molar-refractivity contribution >= 4 is 50.1 Å². The molecule has 8 heteroatoms. The summed E-state index contributed by atoms with van der Waals surface area (Å²) in [4.78, 5) is 28.8. The van der Waals surface area contributed by atoms with E-state index in [-0.39, 0.29) is 28.9 Å². The maximum atomic E-state index is 14.2. The molecule has 0 atom stereocenters. The van der Waals surface area contributed by atoms with Crippen molar-refractivity contribution in [1.82, 2.24) is 9.55 Å². The van der Waals surface area contributed by atoms with Crippen LogP contribution in [0.25, 0.3) is 10.2 Å². The van der Waals surface area contributed by atoms with Gasteiger partial charge < -0.3 is 9.30 Å². The molecule has 0 saturated heterocycles. The zero-order chi connectivity index (χ0) is 17.4. The Labute approximate surface area is 154 Å². The van der Waals surface area contributed by atoms with Gasteiger partial charge in [0.05, 0.1) is 22.9 Å². The van der Waals surface area contributed by atoms with Crippen LogP contribution in [0.4, 0.5) is 4.39 Å². The van der Waals surface area contributed by atoms with E-state index in [0.29, 0.717) is 16.0 Å². The van der Waals surface area contributed by atoms with Crippen LogP contribution in [-0.4, -0.2) is 22.6 Å². The number of aromatic nitrogens is 2. The number of carbonyl (C=O) groups is 1. The van der Waals surface area contributed by atoms with Crippen molar-refractivity contribution in [2.75, 3.05) is 7.11 Å². The molecule has 0 N–H and O–H groups in total. The minimum absolute atomic E-state index is 0.104. The number of carbonyl (C=O) groups excluding carboxylic acids is 1. The van der Waals surface area contributed by atoms with Crippen molar-refractivity contribution in [3.8, 4) is 0 Å². The first-order valence-electron chi connectivity index (χ1n) is 6.91. The van der Waals surface area contributed by atoms with Gasteiger partial charge in [-0.15, -0.1) is 11.3 Å². The third-order valence-electron chi connectivity index (χ3n) is 3.76. The number of esters is 1. The average Bonchev–Trinajstić information content (AvgIpc) is 3.03. The molecule has 0 saturated carbocycles. The molecule has 0 radical (unpaired) electrons. The predicted molar refractivity (Wildman–Crippen MR) is 98.1 cm³/mol. The van der Waals surface area contributed by atoms with Crippen LogP contribution in [0.3, 0.4) is 0 Å². The van der Waals surface area contributed by atoms with Gasteiger partial charge in [-0.25, -0.2) is 14.2 Å². The number of rotatable bonds is 3. The van der Waals surface area contributed by atoms with Gasteiger partial charge in [0.2, 0.25) is 0 Å². The Bertz CT molecular complexity index is 1010. The number of hydrogen-bond acceptors (Lipinski definition) is 5. The van der Waals surface area contributed by atoms with E-state index in [1.165, 1.54) is 34.6 Å². The van der Waals surface area contributed by atoms with Gasteiger partial charge >= 0.3 is 5.97 Å². The van der Waals surface area contributed by atoms with Crippen LogP contribution in [0.2, 0.25) is 0 Å². The Kier molecular flexibility index (Phi) is 4.68. The van der Waals surface area contributed by atoms with E-state index in [0.717, 1.165) is 3.57 Å². The van der Waals surface area contributed by atoms with Crippen LogP contribution in [0.15, 0.2) is 28.5 Å². The summed E-state index contributed by atoms with van der Waals surface area (Å²) in [7, 11) is 2.82. The summed E-state index contributed by atoms with van der Waals surface area (Å²) >= 11 is 3.21. The first kappa shape index (κ1) is 17.0. The number of ether oxygens (including phenoxy) is 1. The standard InChI is InChI=1S/C16H12FIN2O3S/c1-20-11(5-8-3-4-9(18)6-10(8)17)12(16(22)23-2)14-13(15(20)21)19-7-24-14/h3-4,6-7H,5H2,1-2H3. The van der Waals surface area contributed by atoms with Crippen LogP contribution >= 0.6 is 33.9 Å². The third-order valence-corrected chi connectivity index (χ3v) is 5.27. The summed E-state index contributed by atoms with van der Waals surface area (Å²) < 4.78 is 21.7. The van der Waals surface area contributed by atoms with Gasteiger partial charge in [-0.1, -0.05) is 6.07 Å². The highest BCUT2D eigenvalue weighted by Gasteiger charge is 2.23. The molecule has 5 nitrogen and oxygen atoms in total. The summed E-state index contributed by atoms with van der Waals surface area (Å²) in [6.07, 6.45) is 0.104. The van der Waals surface area contributed by atoms with Gasteiger partial charge in [0.1, 0.15) is 11.3 Å². The maximum Gasteiger partial charge on any atom is 0.341 e. The summed E-state index contributed by atoms with van der Waals surface area (Å²) in [6, 6.07) is 4.84. The lowest BCUT2D eigenvalue weighted by atomic mass is 10.0. The molecule has 2 heterocycles. The number of methoxy groups -OCH3 is 1. The molecule has 0 spiro atoms. The molecule has 0 bridgehead atoms. The van der Waals surface area contributed by atoms with E-state index in [1.807, 2.05) is 22.6 Å². The maximum absolute atomic E-state index is 14.2. The molecule has 24 heavy (non-hydrogen) atoms. The third kappa shape index (κ3) is 2.84. The Balaban J connectivity index is 2.27. The van der Waals surface area contributed by atoms with Gasteiger partial charge in [-0.05, 0) is 40.3 Å². The lowest BCUT2D eigenvalue weighted by Gasteiger charge is -2.14. The van der Waals surface area contributed by atoms with Crippen molar-refractivity contribution in [3.05, 3.63) is 60.3 Å². The second-order valence-electron chi connectivity index (χ2n) is 5.12. The Morgan fingerprint density at radius 2 is 2.21 bits per heavy atom. The Hall–Kier alpha value is -1.81. The molecule has 2 aromatic heterocycles. The monoisotopic (exact) mass is 458 g/mol. The summed E-state index contributed by atoms with van der Waals surface area (Å²) in [5.41, 5.74) is 2.47. The number of hydrogen-bond donors (Lipinski definition) is 0. The van der Waals surface area contributed by atoms with Crippen LogP contribution < -0.4 is 5.56 Å². The number of benzene rings is 1. The normalized spacial score (nSPS) is 11.0. The molecule has 0 fully saturated rings. The second kappa shape index (κ2) is 6.60. The largest absolute Gasteiger partial charge is 0.465 e.